The molecule has 3 rings (SSSR count). The number of ether oxygens (including phenoxy) is 1. The van der Waals surface area contributed by atoms with Crippen molar-refractivity contribution in [3.8, 4) is 0 Å². The minimum Gasteiger partial charge on any atom is -0.445 e. The van der Waals surface area contributed by atoms with E-state index in [-0.39, 0.29) is 18.7 Å². The van der Waals surface area contributed by atoms with E-state index in [0.29, 0.717) is 5.02 Å². The van der Waals surface area contributed by atoms with Crippen LogP contribution in [0.15, 0.2) is 54.6 Å². The molecule has 0 spiro atoms. The lowest BCUT2D eigenvalue weighted by atomic mass is 10.0. The number of hydrogen-bond acceptors (Lipinski definition) is 3. The van der Waals surface area contributed by atoms with Gasteiger partial charge in [0.25, 0.3) is 0 Å². The quantitative estimate of drug-likeness (QED) is 0.660. The third kappa shape index (κ3) is 5.47. The van der Waals surface area contributed by atoms with Crippen molar-refractivity contribution in [1.82, 2.24) is 9.80 Å². The number of nitrogens with zero attached hydrogens (tertiary/aromatic N) is 2. The number of amides is 1. The van der Waals surface area contributed by atoms with Crippen molar-refractivity contribution in [3.05, 3.63) is 70.7 Å². The molecule has 1 aliphatic rings. The molecule has 0 aliphatic carbocycles. The second-order valence-electron chi connectivity index (χ2n) is 7.03. The molecule has 2 aromatic carbocycles. The van der Waals surface area contributed by atoms with Crippen LogP contribution in [-0.4, -0.2) is 42.6 Å². The van der Waals surface area contributed by atoms with Crippen molar-refractivity contribution in [3.63, 3.8) is 0 Å². The highest BCUT2D eigenvalue weighted by Crippen LogP contribution is 2.30. The summed E-state index contributed by atoms with van der Waals surface area (Å²) in [5.41, 5.74) is 1.95. The van der Waals surface area contributed by atoms with Crippen molar-refractivity contribution in [2.24, 2.45) is 0 Å². The summed E-state index contributed by atoms with van der Waals surface area (Å²) in [7, 11) is 1.80. The summed E-state index contributed by atoms with van der Waals surface area (Å²) < 4.78 is 5.53. The molecule has 144 valence electrons. The standard InChI is InChI=1S/C22H27ClN2O2/c1-24(22(26)27-17-18-9-3-2-4-10-18)21(13-16-25-14-7-8-15-25)19-11-5-6-12-20(19)23/h2-6,9-12,21H,7-8,13-17H2,1H3/t21-/m0/s1. The van der Waals surface area contributed by atoms with Crippen LogP contribution in [0, 0.1) is 0 Å². The van der Waals surface area contributed by atoms with Gasteiger partial charge in [0.1, 0.15) is 6.61 Å². The van der Waals surface area contributed by atoms with Gasteiger partial charge in [-0.2, -0.15) is 0 Å². The first-order chi connectivity index (χ1) is 13.1. The maximum absolute atomic E-state index is 12.7. The molecule has 1 saturated heterocycles. The Balaban J connectivity index is 1.68. The summed E-state index contributed by atoms with van der Waals surface area (Å²) >= 11 is 6.44. The normalized spacial score (nSPS) is 15.5. The van der Waals surface area contributed by atoms with Gasteiger partial charge in [-0.1, -0.05) is 60.1 Å². The molecule has 1 aliphatic heterocycles. The third-order valence-electron chi connectivity index (χ3n) is 5.14. The van der Waals surface area contributed by atoms with Crippen LogP contribution in [0.1, 0.15) is 36.4 Å². The van der Waals surface area contributed by atoms with E-state index in [1.807, 2.05) is 54.6 Å². The van der Waals surface area contributed by atoms with Crippen molar-refractivity contribution in [2.75, 3.05) is 26.7 Å². The summed E-state index contributed by atoms with van der Waals surface area (Å²) in [6, 6.07) is 17.4. The van der Waals surface area contributed by atoms with Gasteiger partial charge in [0.2, 0.25) is 0 Å². The molecule has 1 heterocycles. The molecule has 0 saturated carbocycles. The molecule has 0 radical (unpaired) electrons. The molecular weight excluding hydrogens is 360 g/mol. The highest BCUT2D eigenvalue weighted by molar-refractivity contribution is 6.31. The van der Waals surface area contributed by atoms with Crippen LogP contribution in [0.25, 0.3) is 0 Å². The molecule has 2 aromatic rings. The van der Waals surface area contributed by atoms with Crippen molar-refractivity contribution >= 4 is 17.7 Å². The Morgan fingerprint density at radius 1 is 1.11 bits per heavy atom. The van der Waals surface area contributed by atoms with Crippen LogP contribution in [0.2, 0.25) is 5.02 Å². The van der Waals surface area contributed by atoms with Crippen molar-refractivity contribution in [2.45, 2.75) is 31.9 Å². The Kier molecular flexibility index (Phi) is 7.13. The maximum atomic E-state index is 12.7. The zero-order valence-corrected chi connectivity index (χ0v) is 16.6. The van der Waals surface area contributed by atoms with Gasteiger partial charge in [-0.25, -0.2) is 4.79 Å². The Labute approximate surface area is 166 Å². The first-order valence-corrected chi connectivity index (χ1v) is 9.93. The van der Waals surface area contributed by atoms with Gasteiger partial charge in [-0.05, 0) is 49.5 Å². The molecule has 0 unspecified atom stereocenters. The zero-order valence-electron chi connectivity index (χ0n) is 15.8. The van der Waals surface area contributed by atoms with Crippen molar-refractivity contribution < 1.29 is 9.53 Å². The summed E-state index contributed by atoms with van der Waals surface area (Å²) in [5, 5.41) is 0.687. The Bertz CT molecular complexity index is 732. The average Bonchev–Trinajstić information content (AvgIpc) is 3.21. The van der Waals surface area contributed by atoms with Gasteiger partial charge in [0, 0.05) is 18.6 Å². The molecule has 0 bridgehead atoms. The monoisotopic (exact) mass is 386 g/mol. The van der Waals surface area contributed by atoms with Gasteiger partial charge in [-0.15, -0.1) is 0 Å². The number of carbonyl (C=O) groups excluding carboxylic acids is 1. The number of hydrogen-bond donors (Lipinski definition) is 0. The minimum absolute atomic E-state index is 0.109. The molecular formula is C22H27ClN2O2. The molecule has 27 heavy (non-hydrogen) atoms. The van der Waals surface area contributed by atoms with E-state index in [2.05, 4.69) is 4.90 Å². The molecule has 4 nitrogen and oxygen atoms in total. The maximum Gasteiger partial charge on any atom is 0.410 e. The highest BCUT2D eigenvalue weighted by Gasteiger charge is 2.26. The second kappa shape index (κ2) is 9.77. The fourth-order valence-corrected chi connectivity index (χ4v) is 3.82. The minimum atomic E-state index is -0.329. The van der Waals surface area contributed by atoms with Gasteiger partial charge in [-0.3, -0.25) is 0 Å². The highest BCUT2D eigenvalue weighted by atomic mass is 35.5. The van der Waals surface area contributed by atoms with Gasteiger partial charge >= 0.3 is 6.09 Å². The van der Waals surface area contributed by atoms with Crippen LogP contribution in [0.4, 0.5) is 4.79 Å². The van der Waals surface area contributed by atoms with Crippen LogP contribution in [0.5, 0.6) is 0 Å². The van der Waals surface area contributed by atoms with Crippen LogP contribution in [-0.2, 0) is 11.3 Å². The smallest absolute Gasteiger partial charge is 0.410 e. The van der Waals surface area contributed by atoms with Crippen molar-refractivity contribution in [1.29, 1.82) is 0 Å². The lowest BCUT2D eigenvalue weighted by Gasteiger charge is -2.30. The molecule has 0 N–H and O–H groups in total. The fraction of sp³-hybridized carbons (Fsp3) is 0.409. The molecule has 1 fully saturated rings. The third-order valence-corrected chi connectivity index (χ3v) is 5.49. The van der Waals surface area contributed by atoms with E-state index in [0.717, 1.165) is 37.2 Å². The summed E-state index contributed by atoms with van der Waals surface area (Å²) in [4.78, 5) is 16.8. The van der Waals surface area contributed by atoms with E-state index in [1.165, 1.54) is 12.8 Å². The predicted molar refractivity (Wildman–Crippen MR) is 109 cm³/mol. The molecule has 1 amide bonds. The van der Waals surface area contributed by atoms with Gasteiger partial charge in [0.05, 0.1) is 6.04 Å². The van der Waals surface area contributed by atoms with E-state index in [9.17, 15) is 4.79 Å². The zero-order chi connectivity index (χ0) is 19.1. The first kappa shape index (κ1) is 19.7. The van der Waals surface area contributed by atoms with E-state index in [4.69, 9.17) is 16.3 Å². The number of rotatable bonds is 7. The number of benzene rings is 2. The van der Waals surface area contributed by atoms with E-state index >= 15 is 0 Å². The first-order valence-electron chi connectivity index (χ1n) is 9.55. The van der Waals surface area contributed by atoms with Crippen LogP contribution in [0.3, 0.4) is 0 Å². The number of likely N-dealkylation sites (tertiary alicyclic amines) is 1. The summed E-state index contributed by atoms with van der Waals surface area (Å²) in [6.45, 7) is 3.49. The SMILES string of the molecule is CN(C(=O)OCc1ccccc1)[C@@H](CCN1CCCC1)c1ccccc1Cl. The molecule has 0 aromatic heterocycles. The fourth-order valence-electron chi connectivity index (χ4n) is 3.56. The van der Waals surface area contributed by atoms with Crippen LogP contribution < -0.4 is 0 Å². The Morgan fingerprint density at radius 2 is 1.78 bits per heavy atom. The predicted octanol–water partition coefficient (Wildman–Crippen LogP) is 5.14. The number of halogens is 1. The second-order valence-corrected chi connectivity index (χ2v) is 7.43. The molecule has 1 atom stereocenters. The van der Waals surface area contributed by atoms with Crippen LogP contribution >= 0.6 is 11.6 Å². The summed E-state index contributed by atoms with van der Waals surface area (Å²) in [6.07, 6.45) is 3.02. The lowest BCUT2D eigenvalue weighted by molar-refractivity contribution is 0.0872. The Morgan fingerprint density at radius 3 is 2.48 bits per heavy atom. The van der Waals surface area contributed by atoms with Gasteiger partial charge < -0.3 is 14.5 Å². The number of carbonyl (C=O) groups is 1. The molecule has 5 heteroatoms. The topological polar surface area (TPSA) is 32.8 Å². The Hall–Kier alpha value is -2.04. The van der Waals surface area contributed by atoms with E-state index < -0.39 is 0 Å². The van der Waals surface area contributed by atoms with E-state index in [1.54, 1.807) is 11.9 Å². The summed E-state index contributed by atoms with van der Waals surface area (Å²) in [5.74, 6) is 0. The van der Waals surface area contributed by atoms with Gasteiger partial charge in [0.15, 0.2) is 0 Å². The largest absolute Gasteiger partial charge is 0.445 e. The average molecular weight is 387 g/mol. The lowest BCUT2D eigenvalue weighted by Crippen LogP contribution is -2.34.